The number of rotatable bonds is 6. The van der Waals surface area contributed by atoms with Gasteiger partial charge < -0.3 is 14.2 Å². The van der Waals surface area contributed by atoms with Crippen LogP contribution in [0.15, 0.2) is 77.9 Å². The van der Waals surface area contributed by atoms with E-state index in [1.165, 1.54) is 0 Å². The highest BCUT2D eigenvalue weighted by atomic mass is 16.5. The number of amides is 1. The number of nitrogens with zero attached hydrogens (tertiary/aromatic N) is 2. The van der Waals surface area contributed by atoms with Crippen LogP contribution >= 0.6 is 0 Å². The summed E-state index contributed by atoms with van der Waals surface area (Å²) in [5.74, 6) is 1.97. The van der Waals surface area contributed by atoms with E-state index < -0.39 is 0 Å². The molecule has 0 radical (unpaired) electrons. The van der Waals surface area contributed by atoms with E-state index in [2.05, 4.69) is 0 Å². The molecule has 3 aromatic carbocycles. The predicted octanol–water partition coefficient (Wildman–Crippen LogP) is 4.70. The van der Waals surface area contributed by atoms with Gasteiger partial charge in [-0.25, -0.2) is 5.01 Å². The van der Waals surface area contributed by atoms with E-state index >= 15 is 0 Å². The summed E-state index contributed by atoms with van der Waals surface area (Å²) in [5.41, 5.74) is 3.19. The van der Waals surface area contributed by atoms with Gasteiger partial charge in [-0.2, -0.15) is 5.10 Å². The average Bonchev–Trinajstić information content (AvgIpc) is 3.29. The Kier molecular flexibility index (Phi) is 5.89. The highest BCUT2D eigenvalue weighted by Crippen LogP contribution is 2.37. The number of methoxy groups -OCH3 is 3. The second kappa shape index (κ2) is 8.92. The van der Waals surface area contributed by atoms with Crippen molar-refractivity contribution in [2.75, 3.05) is 21.3 Å². The first kappa shape index (κ1) is 20.5. The van der Waals surface area contributed by atoms with E-state index in [4.69, 9.17) is 19.3 Å². The molecule has 1 aliphatic rings. The van der Waals surface area contributed by atoms with Gasteiger partial charge in [-0.3, -0.25) is 4.79 Å². The molecule has 0 spiro atoms. The van der Waals surface area contributed by atoms with Crippen molar-refractivity contribution in [1.29, 1.82) is 0 Å². The van der Waals surface area contributed by atoms with Gasteiger partial charge >= 0.3 is 0 Å². The number of ether oxygens (including phenoxy) is 3. The third-order valence-electron chi connectivity index (χ3n) is 5.36. The summed E-state index contributed by atoms with van der Waals surface area (Å²) in [4.78, 5) is 13.3. The fraction of sp³-hybridized carbons (Fsp3) is 0.200. The summed E-state index contributed by atoms with van der Waals surface area (Å²) in [7, 11) is 4.86. The average molecular weight is 416 g/mol. The Balaban J connectivity index is 1.75. The molecule has 31 heavy (non-hydrogen) atoms. The van der Waals surface area contributed by atoms with Gasteiger partial charge in [0.05, 0.1) is 33.1 Å². The lowest BCUT2D eigenvalue weighted by molar-refractivity contribution is 0.0711. The molecule has 3 aromatic rings. The Bertz CT molecular complexity index is 1090. The molecule has 158 valence electrons. The minimum absolute atomic E-state index is 0.149. The van der Waals surface area contributed by atoms with Gasteiger partial charge in [0, 0.05) is 23.6 Å². The molecule has 0 saturated heterocycles. The van der Waals surface area contributed by atoms with Gasteiger partial charge in [0.1, 0.15) is 17.2 Å². The van der Waals surface area contributed by atoms with Gasteiger partial charge in [-0.15, -0.1) is 0 Å². The molecule has 1 unspecified atom stereocenters. The van der Waals surface area contributed by atoms with Crippen molar-refractivity contribution in [3.8, 4) is 17.2 Å². The fourth-order valence-corrected chi connectivity index (χ4v) is 3.70. The van der Waals surface area contributed by atoms with Crippen LogP contribution in [0.25, 0.3) is 0 Å². The summed E-state index contributed by atoms with van der Waals surface area (Å²) in [6, 6.07) is 22.3. The van der Waals surface area contributed by atoms with Crippen LogP contribution in [0.4, 0.5) is 0 Å². The standard InChI is InChI=1S/C25H24N2O4/c1-29-19-11-9-17(10-12-19)23-16-22(21-14-13-20(30-2)15-24(21)31-3)26-27(23)25(28)18-7-5-4-6-8-18/h4-15,23H,16H2,1-3H3. The van der Waals surface area contributed by atoms with E-state index in [9.17, 15) is 4.79 Å². The molecule has 0 aromatic heterocycles. The molecule has 1 amide bonds. The predicted molar refractivity (Wildman–Crippen MR) is 119 cm³/mol. The molecule has 6 heteroatoms. The lowest BCUT2D eigenvalue weighted by Crippen LogP contribution is -2.27. The molecule has 0 saturated carbocycles. The first-order valence-corrected chi connectivity index (χ1v) is 9.97. The second-order valence-electron chi connectivity index (χ2n) is 7.12. The summed E-state index contributed by atoms with van der Waals surface area (Å²) in [5, 5.41) is 6.31. The van der Waals surface area contributed by atoms with Crippen molar-refractivity contribution in [3.63, 3.8) is 0 Å². The van der Waals surface area contributed by atoms with Crippen LogP contribution < -0.4 is 14.2 Å². The summed E-state index contributed by atoms with van der Waals surface area (Å²) < 4.78 is 16.2. The zero-order valence-electron chi connectivity index (χ0n) is 17.7. The van der Waals surface area contributed by atoms with E-state index in [0.29, 0.717) is 23.5 Å². The van der Waals surface area contributed by atoms with E-state index in [-0.39, 0.29) is 11.9 Å². The Hall–Kier alpha value is -3.80. The largest absolute Gasteiger partial charge is 0.497 e. The van der Waals surface area contributed by atoms with Crippen molar-refractivity contribution >= 4 is 11.6 Å². The van der Waals surface area contributed by atoms with Crippen LogP contribution in [0.2, 0.25) is 0 Å². The zero-order chi connectivity index (χ0) is 21.8. The maximum Gasteiger partial charge on any atom is 0.274 e. The van der Waals surface area contributed by atoms with Crippen molar-refractivity contribution in [2.45, 2.75) is 12.5 Å². The highest BCUT2D eigenvalue weighted by molar-refractivity contribution is 6.06. The van der Waals surface area contributed by atoms with Crippen LogP contribution in [-0.4, -0.2) is 38.0 Å². The molecule has 1 heterocycles. The van der Waals surface area contributed by atoms with Crippen LogP contribution in [-0.2, 0) is 0 Å². The molecule has 6 nitrogen and oxygen atoms in total. The summed E-state index contributed by atoms with van der Waals surface area (Å²) in [6.45, 7) is 0. The molecule has 0 N–H and O–H groups in total. The SMILES string of the molecule is COc1ccc(C2CC(c3ccc(OC)cc3OC)=NN2C(=O)c2ccccc2)cc1. The molecule has 1 aliphatic heterocycles. The maximum absolute atomic E-state index is 13.3. The molecular formula is C25H24N2O4. The minimum atomic E-state index is -0.236. The minimum Gasteiger partial charge on any atom is -0.497 e. The van der Waals surface area contributed by atoms with Crippen molar-refractivity contribution in [2.24, 2.45) is 5.10 Å². The van der Waals surface area contributed by atoms with Gasteiger partial charge in [0.2, 0.25) is 0 Å². The number of hydrazone groups is 1. The number of carbonyl (C=O) groups excluding carboxylic acids is 1. The van der Waals surface area contributed by atoms with E-state index in [1.807, 2.05) is 60.7 Å². The van der Waals surface area contributed by atoms with Gasteiger partial charge in [-0.1, -0.05) is 30.3 Å². The van der Waals surface area contributed by atoms with E-state index in [1.54, 1.807) is 38.5 Å². The topological polar surface area (TPSA) is 60.4 Å². The first-order chi connectivity index (χ1) is 15.1. The number of hydrogen-bond donors (Lipinski definition) is 0. The zero-order valence-corrected chi connectivity index (χ0v) is 17.7. The van der Waals surface area contributed by atoms with Crippen molar-refractivity contribution < 1.29 is 19.0 Å². The Morgan fingerprint density at radius 1 is 0.871 bits per heavy atom. The van der Waals surface area contributed by atoms with Crippen LogP contribution in [0.3, 0.4) is 0 Å². The Labute approximate surface area is 181 Å². The van der Waals surface area contributed by atoms with Gasteiger partial charge in [0.15, 0.2) is 0 Å². The number of carbonyl (C=O) groups is 1. The molecule has 0 fully saturated rings. The lowest BCUT2D eigenvalue weighted by atomic mass is 9.97. The van der Waals surface area contributed by atoms with Gasteiger partial charge in [-0.05, 0) is 42.0 Å². The molecule has 0 bridgehead atoms. The monoisotopic (exact) mass is 416 g/mol. The fourth-order valence-electron chi connectivity index (χ4n) is 3.70. The van der Waals surface area contributed by atoms with Crippen LogP contribution in [0.1, 0.15) is 33.9 Å². The Morgan fingerprint density at radius 2 is 1.55 bits per heavy atom. The maximum atomic E-state index is 13.3. The quantitative estimate of drug-likeness (QED) is 0.584. The summed E-state index contributed by atoms with van der Waals surface area (Å²) >= 11 is 0. The van der Waals surface area contributed by atoms with E-state index in [0.717, 1.165) is 22.6 Å². The molecule has 0 aliphatic carbocycles. The normalized spacial score (nSPS) is 15.4. The first-order valence-electron chi connectivity index (χ1n) is 9.97. The number of hydrogen-bond acceptors (Lipinski definition) is 5. The molecule has 4 rings (SSSR count). The third kappa shape index (κ3) is 4.10. The smallest absolute Gasteiger partial charge is 0.274 e. The lowest BCUT2D eigenvalue weighted by Gasteiger charge is -2.22. The van der Waals surface area contributed by atoms with Crippen molar-refractivity contribution in [3.05, 3.63) is 89.5 Å². The van der Waals surface area contributed by atoms with Crippen LogP contribution in [0.5, 0.6) is 17.2 Å². The molecular weight excluding hydrogens is 392 g/mol. The summed E-state index contributed by atoms with van der Waals surface area (Å²) in [6.07, 6.45) is 0.563. The highest BCUT2D eigenvalue weighted by Gasteiger charge is 2.34. The van der Waals surface area contributed by atoms with Gasteiger partial charge in [0.25, 0.3) is 5.91 Å². The molecule has 1 atom stereocenters. The number of benzene rings is 3. The second-order valence-corrected chi connectivity index (χ2v) is 7.12. The Morgan fingerprint density at radius 3 is 2.19 bits per heavy atom. The van der Waals surface area contributed by atoms with Crippen molar-refractivity contribution in [1.82, 2.24) is 5.01 Å². The van der Waals surface area contributed by atoms with Crippen LogP contribution in [0, 0.1) is 0 Å². The third-order valence-corrected chi connectivity index (χ3v) is 5.36.